The first-order chi connectivity index (χ1) is 20.6. The first-order valence-corrected chi connectivity index (χ1v) is 14.7. The quantitative estimate of drug-likeness (QED) is 0.150. The molecule has 0 spiro atoms. The van der Waals surface area contributed by atoms with Gasteiger partial charge in [-0.2, -0.15) is 0 Å². The Kier molecular flexibility index (Phi) is 8.04. The molecule has 44 heavy (non-hydrogen) atoms. The Balaban J connectivity index is 0.000000212. The summed E-state index contributed by atoms with van der Waals surface area (Å²) in [5.41, 5.74) is 23.1. The first-order valence-electron chi connectivity index (χ1n) is 14.7. The van der Waals surface area contributed by atoms with Crippen LogP contribution in [0.1, 0.15) is 63.8 Å². The molecule has 4 aromatic carbocycles. The van der Waals surface area contributed by atoms with Crippen molar-refractivity contribution in [2.45, 2.75) is 65.6 Å². The number of carbonyl (C=O) groups excluding carboxylic acids is 2. The summed E-state index contributed by atoms with van der Waals surface area (Å²) in [4.78, 5) is 24.0. The van der Waals surface area contributed by atoms with Gasteiger partial charge in [0, 0.05) is 22.7 Å². The molecule has 0 aliphatic heterocycles. The molecule has 0 aromatic heterocycles. The van der Waals surface area contributed by atoms with E-state index in [1.165, 1.54) is 22.3 Å². The van der Waals surface area contributed by atoms with Crippen molar-refractivity contribution in [1.29, 1.82) is 0 Å². The smallest absolute Gasteiger partial charge is 0.412 e. The molecule has 2 amide bonds. The number of nitrogen functional groups attached to an aromatic ring is 2. The van der Waals surface area contributed by atoms with E-state index in [-0.39, 0.29) is 0 Å². The summed E-state index contributed by atoms with van der Waals surface area (Å²) in [6, 6.07) is 23.8. The molecule has 0 unspecified atom stereocenters. The lowest BCUT2D eigenvalue weighted by molar-refractivity contribution is 0.0624. The van der Waals surface area contributed by atoms with Gasteiger partial charge in [0.1, 0.15) is 11.2 Å². The standard InChI is InChI=1S/C23H28N2O4.C13H12N2/c1-22(2,3)28-20(26)24-16-7-9-18-14(12-16)11-15-13-17(8-10-19(15)18)25-21(27)29-23(4,5)6;14-10-1-3-12-8(6-10)5-9-7-11(15)2-4-13(9)12/h7-10,12-13H,11H2,1-6H3,(H,24,26)(H,25,27);1-4,6-7H,5,14-15H2. The van der Waals surface area contributed by atoms with Crippen LogP contribution in [-0.4, -0.2) is 23.4 Å². The average Bonchev–Trinajstić information content (AvgIpc) is 3.42. The lowest BCUT2D eigenvalue weighted by Crippen LogP contribution is -2.27. The van der Waals surface area contributed by atoms with Crippen LogP contribution in [0.2, 0.25) is 0 Å². The number of benzene rings is 4. The minimum absolute atomic E-state index is 0.475. The minimum atomic E-state index is -0.547. The number of fused-ring (bicyclic) bond motifs is 6. The fraction of sp³-hybridized carbons (Fsp3) is 0.278. The zero-order valence-electron chi connectivity index (χ0n) is 26.1. The van der Waals surface area contributed by atoms with Crippen LogP contribution >= 0.6 is 0 Å². The third-order valence-electron chi connectivity index (χ3n) is 7.10. The molecule has 0 saturated heterocycles. The normalized spacial score (nSPS) is 12.5. The molecule has 0 heterocycles. The van der Waals surface area contributed by atoms with E-state index in [0.29, 0.717) is 11.4 Å². The Bertz CT molecular complexity index is 1620. The highest BCUT2D eigenvalue weighted by atomic mass is 16.6. The molecule has 0 fully saturated rings. The molecule has 8 nitrogen and oxygen atoms in total. The molecular formula is C36H40N4O4. The number of rotatable bonds is 2. The third kappa shape index (κ3) is 7.32. The second-order valence-corrected chi connectivity index (χ2v) is 13.2. The second kappa shape index (κ2) is 11.6. The van der Waals surface area contributed by atoms with E-state index in [1.807, 2.05) is 102 Å². The Hall–Kier alpha value is -4.98. The van der Waals surface area contributed by atoms with Gasteiger partial charge in [-0.1, -0.05) is 24.3 Å². The average molecular weight is 593 g/mol. The molecular weight excluding hydrogens is 552 g/mol. The van der Waals surface area contributed by atoms with Gasteiger partial charge in [-0.25, -0.2) is 9.59 Å². The highest BCUT2D eigenvalue weighted by molar-refractivity contribution is 5.89. The van der Waals surface area contributed by atoms with Crippen LogP contribution in [0.5, 0.6) is 0 Å². The Morgan fingerprint density at radius 1 is 0.545 bits per heavy atom. The van der Waals surface area contributed by atoms with Crippen molar-refractivity contribution in [1.82, 2.24) is 0 Å². The van der Waals surface area contributed by atoms with E-state index < -0.39 is 23.4 Å². The fourth-order valence-corrected chi connectivity index (χ4v) is 5.46. The van der Waals surface area contributed by atoms with Crippen molar-refractivity contribution in [3.05, 3.63) is 95.1 Å². The maximum absolute atomic E-state index is 12.0. The molecule has 0 atom stereocenters. The third-order valence-corrected chi connectivity index (χ3v) is 7.10. The van der Waals surface area contributed by atoms with Crippen LogP contribution in [0.4, 0.5) is 32.3 Å². The van der Waals surface area contributed by atoms with Gasteiger partial charge in [0.2, 0.25) is 0 Å². The van der Waals surface area contributed by atoms with Gasteiger partial charge in [0.05, 0.1) is 0 Å². The molecule has 0 saturated carbocycles. The monoisotopic (exact) mass is 592 g/mol. The zero-order chi connectivity index (χ0) is 31.8. The Labute approximate surface area is 258 Å². The fourth-order valence-electron chi connectivity index (χ4n) is 5.46. The SMILES string of the molecule is CC(C)(C)OC(=O)Nc1ccc2c(c1)Cc1cc(NC(=O)OC(C)(C)C)ccc1-2.Nc1ccc2c(c1)Cc1cc(N)ccc1-2. The van der Waals surface area contributed by atoms with Crippen LogP contribution in [-0.2, 0) is 22.3 Å². The van der Waals surface area contributed by atoms with E-state index in [2.05, 4.69) is 22.8 Å². The molecule has 6 rings (SSSR count). The van der Waals surface area contributed by atoms with E-state index in [0.717, 1.165) is 46.5 Å². The molecule has 2 aliphatic carbocycles. The summed E-state index contributed by atoms with van der Waals surface area (Å²) in [5.74, 6) is 0. The number of carbonyl (C=O) groups is 2. The largest absolute Gasteiger partial charge is 0.444 e. The maximum Gasteiger partial charge on any atom is 0.412 e. The van der Waals surface area contributed by atoms with Crippen LogP contribution < -0.4 is 22.1 Å². The molecule has 8 heteroatoms. The number of hydrogen-bond donors (Lipinski definition) is 4. The molecule has 6 N–H and O–H groups in total. The van der Waals surface area contributed by atoms with E-state index in [1.54, 1.807) is 0 Å². The summed E-state index contributed by atoms with van der Waals surface area (Å²) >= 11 is 0. The van der Waals surface area contributed by atoms with Gasteiger partial charge in [-0.3, -0.25) is 10.6 Å². The van der Waals surface area contributed by atoms with Gasteiger partial charge in [-0.05, 0) is 147 Å². The second-order valence-electron chi connectivity index (χ2n) is 13.2. The summed E-state index contributed by atoms with van der Waals surface area (Å²) < 4.78 is 10.6. The van der Waals surface area contributed by atoms with Crippen LogP contribution in [0.25, 0.3) is 22.3 Å². The van der Waals surface area contributed by atoms with Crippen molar-refractivity contribution in [2.24, 2.45) is 0 Å². The van der Waals surface area contributed by atoms with Crippen LogP contribution in [0.15, 0.2) is 72.8 Å². The first kappa shape index (κ1) is 30.5. The molecule has 228 valence electrons. The molecule has 2 aliphatic rings. The number of amides is 2. The summed E-state index contributed by atoms with van der Waals surface area (Å²) in [6.45, 7) is 11.0. The Morgan fingerprint density at radius 2 is 0.864 bits per heavy atom. The van der Waals surface area contributed by atoms with Crippen molar-refractivity contribution >= 4 is 34.9 Å². The lowest BCUT2D eigenvalue weighted by atomic mass is 10.1. The number of hydrogen-bond acceptors (Lipinski definition) is 6. The van der Waals surface area contributed by atoms with E-state index in [9.17, 15) is 9.59 Å². The van der Waals surface area contributed by atoms with Crippen LogP contribution in [0, 0.1) is 0 Å². The number of nitrogens with two attached hydrogens (primary N) is 2. The van der Waals surface area contributed by atoms with Crippen molar-refractivity contribution < 1.29 is 19.1 Å². The lowest BCUT2D eigenvalue weighted by Gasteiger charge is -2.20. The van der Waals surface area contributed by atoms with Gasteiger partial charge >= 0.3 is 12.2 Å². The van der Waals surface area contributed by atoms with Gasteiger partial charge in [-0.15, -0.1) is 0 Å². The van der Waals surface area contributed by atoms with E-state index in [4.69, 9.17) is 20.9 Å². The van der Waals surface area contributed by atoms with Crippen molar-refractivity contribution in [3.63, 3.8) is 0 Å². The van der Waals surface area contributed by atoms with Gasteiger partial charge < -0.3 is 20.9 Å². The molecule has 0 bridgehead atoms. The summed E-state index contributed by atoms with van der Waals surface area (Å²) in [6.07, 6.45) is 0.715. The zero-order valence-corrected chi connectivity index (χ0v) is 26.1. The maximum atomic E-state index is 12.0. The highest BCUT2D eigenvalue weighted by Gasteiger charge is 2.22. The van der Waals surface area contributed by atoms with E-state index >= 15 is 0 Å². The Morgan fingerprint density at radius 3 is 1.20 bits per heavy atom. The van der Waals surface area contributed by atoms with Gasteiger partial charge in [0.15, 0.2) is 0 Å². The predicted octanol–water partition coefficient (Wildman–Crippen LogP) is 8.37. The predicted molar refractivity (Wildman–Crippen MR) is 178 cm³/mol. The summed E-state index contributed by atoms with van der Waals surface area (Å²) in [7, 11) is 0. The highest BCUT2D eigenvalue weighted by Crippen LogP contribution is 2.40. The number of ether oxygens (including phenoxy) is 2. The number of anilines is 4. The van der Waals surface area contributed by atoms with Crippen LogP contribution in [0.3, 0.4) is 0 Å². The number of nitrogens with one attached hydrogen (secondary N) is 2. The molecule has 4 aromatic rings. The van der Waals surface area contributed by atoms with Crippen molar-refractivity contribution in [2.75, 3.05) is 22.1 Å². The summed E-state index contributed by atoms with van der Waals surface area (Å²) in [5, 5.41) is 5.56. The molecule has 0 radical (unpaired) electrons. The van der Waals surface area contributed by atoms with Crippen molar-refractivity contribution in [3.8, 4) is 22.3 Å². The minimum Gasteiger partial charge on any atom is -0.444 e. The van der Waals surface area contributed by atoms with Gasteiger partial charge in [0.25, 0.3) is 0 Å². The topological polar surface area (TPSA) is 129 Å².